The van der Waals surface area contributed by atoms with E-state index in [1.54, 1.807) is 0 Å². The van der Waals surface area contributed by atoms with Crippen molar-refractivity contribution >= 4 is 5.96 Å². The molecule has 7 nitrogen and oxygen atoms in total. The van der Waals surface area contributed by atoms with Gasteiger partial charge in [-0.15, -0.1) is 0 Å². The third kappa shape index (κ3) is 3.96. The van der Waals surface area contributed by atoms with Crippen molar-refractivity contribution in [2.45, 2.75) is 31.4 Å². The summed E-state index contributed by atoms with van der Waals surface area (Å²) in [5.74, 6) is 0.654. The molecule has 2 heterocycles. The topological polar surface area (TPSA) is 72.5 Å². The zero-order chi connectivity index (χ0) is 16.1. The van der Waals surface area contributed by atoms with Crippen LogP contribution in [0.15, 0.2) is 4.99 Å². The van der Waals surface area contributed by atoms with E-state index < -0.39 is 0 Å². The molecule has 7 heteroatoms. The number of hydrogen-bond donors (Lipinski definition) is 1. The Morgan fingerprint density at radius 3 is 2.35 bits per heavy atom. The molecule has 0 aromatic rings. The largest absolute Gasteiger partial charge is 0.379 e. The van der Waals surface area contributed by atoms with Crippen LogP contribution in [-0.4, -0.2) is 93.2 Å². The second-order valence-electron chi connectivity index (χ2n) is 6.58. The Kier molecular flexibility index (Phi) is 5.74. The van der Waals surface area contributed by atoms with Crippen LogP contribution < -0.4 is 5.73 Å². The number of ether oxygens (including phenoxy) is 3. The predicted molar refractivity (Wildman–Crippen MR) is 88.7 cm³/mol. The highest BCUT2D eigenvalue weighted by Gasteiger charge is 2.49. The maximum atomic E-state index is 6.20. The number of morpholine rings is 2. The molecular weight excluding hydrogens is 296 g/mol. The van der Waals surface area contributed by atoms with Crippen LogP contribution in [0.2, 0.25) is 0 Å². The van der Waals surface area contributed by atoms with Crippen molar-refractivity contribution in [1.82, 2.24) is 9.80 Å². The molecule has 1 aliphatic carbocycles. The SMILES string of the molecule is CCOC1CC(CN=C(N)N2CCOCC2)(N2CCOCC2)C1. The maximum Gasteiger partial charge on any atom is 0.191 e. The second-order valence-corrected chi connectivity index (χ2v) is 6.58. The van der Waals surface area contributed by atoms with Crippen molar-refractivity contribution in [2.24, 2.45) is 10.7 Å². The smallest absolute Gasteiger partial charge is 0.191 e. The van der Waals surface area contributed by atoms with Gasteiger partial charge in [0.15, 0.2) is 5.96 Å². The molecule has 2 saturated heterocycles. The Hall–Kier alpha value is -0.890. The van der Waals surface area contributed by atoms with Gasteiger partial charge in [0.2, 0.25) is 0 Å². The summed E-state index contributed by atoms with van der Waals surface area (Å²) in [5, 5.41) is 0. The van der Waals surface area contributed by atoms with Gasteiger partial charge in [-0.2, -0.15) is 0 Å². The number of hydrogen-bond acceptors (Lipinski definition) is 5. The Balaban J connectivity index is 1.61. The number of guanidine groups is 1. The molecule has 2 aliphatic heterocycles. The molecule has 0 radical (unpaired) electrons. The predicted octanol–water partition coefficient (Wildman–Crippen LogP) is -0.0968. The van der Waals surface area contributed by atoms with Gasteiger partial charge in [0.25, 0.3) is 0 Å². The number of nitrogens with zero attached hydrogens (tertiary/aromatic N) is 3. The standard InChI is InChI=1S/C16H30N4O3/c1-2-23-14-11-16(12-14,20-5-9-22-10-6-20)13-18-15(17)19-3-7-21-8-4-19/h14H,2-13H2,1H3,(H2,17,18). The van der Waals surface area contributed by atoms with Crippen LogP contribution in [0.3, 0.4) is 0 Å². The van der Waals surface area contributed by atoms with E-state index in [0.717, 1.165) is 78.6 Å². The molecule has 0 aromatic heterocycles. The van der Waals surface area contributed by atoms with Gasteiger partial charge >= 0.3 is 0 Å². The average Bonchev–Trinajstić information content (AvgIpc) is 2.58. The summed E-state index contributed by atoms with van der Waals surface area (Å²) in [6.45, 7) is 10.3. The van der Waals surface area contributed by atoms with E-state index in [1.807, 2.05) is 0 Å². The van der Waals surface area contributed by atoms with Crippen molar-refractivity contribution in [3.63, 3.8) is 0 Å². The highest BCUT2D eigenvalue weighted by molar-refractivity contribution is 5.78. The molecule has 1 saturated carbocycles. The average molecular weight is 326 g/mol. The van der Waals surface area contributed by atoms with Gasteiger partial charge < -0.3 is 24.8 Å². The van der Waals surface area contributed by atoms with Crippen LogP contribution in [0.5, 0.6) is 0 Å². The fraction of sp³-hybridized carbons (Fsp3) is 0.938. The lowest BCUT2D eigenvalue weighted by Gasteiger charge is -2.54. The molecule has 3 aliphatic rings. The fourth-order valence-electron chi connectivity index (χ4n) is 3.79. The van der Waals surface area contributed by atoms with Crippen molar-refractivity contribution in [1.29, 1.82) is 0 Å². The van der Waals surface area contributed by atoms with Gasteiger partial charge in [-0.25, -0.2) is 0 Å². The lowest BCUT2D eigenvalue weighted by molar-refractivity contribution is -0.122. The van der Waals surface area contributed by atoms with Crippen LogP contribution >= 0.6 is 0 Å². The minimum absolute atomic E-state index is 0.0977. The molecule has 0 spiro atoms. The number of rotatable bonds is 5. The number of nitrogens with two attached hydrogens (primary N) is 1. The Bertz CT molecular complexity index is 400. The highest BCUT2D eigenvalue weighted by atomic mass is 16.5. The molecule has 0 unspecified atom stereocenters. The van der Waals surface area contributed by atoms with E-state index in [4.69, 9.17) is 24.9 Å². The van der Waals surface area contributed by atoms with Crippen molar-refractivity contribution < 1.29 is 14.2 Å². The van der Waals surface area contributed by atoms with E-state index >= 15 is 0 Å². The summed E-state index contributed by atoms with van der Waals surface area (Å²) in [5.41, 5.74) is 6.30. The molecule has 0 amide bonds. The summed E-state index contributed by atoms with van der Waals surface area (Å²) < 4.78 is 16.7. The van der Waals surface area contributed by atoms with E-state index in [2.05, 4.69) is 16.7 Å². The zero-order valence-electron chi connectivity index (χ0n) is 14.2. The quantitative estimate of drug-likeness (QED) is 0.562. The molecule has 2 N–H and O–H groups in total. The Labute approximate surface area is 138 Å². The van der Waals surface area contributed by atoms with E-state index in [1.165, 1.54) is 0 Å². The van der Waals surface area contributed by atoms with Gasteiger partial charge in [-0.3, -0.25) is 9.89 Å². The first-order chi connectivity index (χ1) is 11.2. The molecular formula is C16H30N4O3. The van der Waals surface area contributed by atoms with Crippen LogP contribution in [-0.2, 0) is 14.2 Å². The van der Waals surface area contributed by atoms with Gasteiger partial charge in [0.1, 0.15) is 0 Å². The lowest BCUT2D eigenvalue weighted by Crippen LogP contribution is -2.64. The van der Waals surface area contributed by atoms with Gasteiger partial charge in [0, 0.05) is 38.3 Å². The van der Waals surface area contributed by atoms with Crippen LogP contribution in [0.1, 0.15) is 19.8 Å². The first-order valence-electron chi connectivity index (χ1n) is 8.80. The molecule has 23 heavy (non-hydrogen) atoms. The Morgan fingerprint density at radius 1 is 1.13 bits per heavy atom. The van der Waals surface area contributed by atoms with Gasteiger partial charge in [-0.1, -0.05) is 0 Å². The molecule has 132 valence electrons. The summed E-state index contributed by atoms with van der Waals surface area (Å²) in [7, 11) is 0. The monoisotopic (exact) mass is 326 g/mol. The Morgan fingerprint density at radius 2 is 1.74 bits per heavy atom. The van der Waals surface area contributed by atoms with Crippen molar-refractivity contribution in [2.75, 3.05) is 65.8 Å². The van der Waals surface area contributed by atoms with Crippen LogP contribution in [0.25, 0.3) is 0 Å². The van der Waals surface area contributed by atoms with Crippen molar-refractivity contribution in [3.05, 3.63) is 0 Å². The lowest BCUT2D eigenvalue weighted by atomic mass is 9.72. The number of aliphatic imine (C=N–C) groups is 1. The van der Waals surface area contributed by atoms with Gasteiger partial charge in [0.05, 0.1) is 39.1 Å². The normalized spacial score (nSPS) is 33.5. The zero-order valence-corrected chi connectivity index (χ0v) is 14.2. The van der Waals surface area contributed by atoms with E-state index in [-0.39, 0.29) is 5.54 Å². The first-order valence-corrected chi connectivity index (χ1v) is 8.80. The van der Waals surface area contributed by atoms with E-state index in [9.17, 15) is 0 Å². The molecule has 0 bridgehead atoms. The second kappa shape index (κ2) is 7.79. The minimum Gasteiger partial charge on any atom is -0.379 e. The van der Waals surface area contributed by atoms with E-state index in [0.29, 0.717) is 12.1 Å². The molecule has 0 aromatic carbocycles. The molecule has 0 atom stereocenters. The van der Waals surface area contributed by atoms with Crippen molar-refractivity contribution in [3.8, 4) is 0 Å². The summed E-state index contributed by atoms with van der Waals surface area (Å²) >= 11 is 0. The minimum atomic E-state index is 0.0977. The van der Waals surface area contributed by atoms with Crippen LogP contribution in [0.4, 0.5) is 0 Å². The third-order valence-corrected chi connectivity index (χ3v) is 5.17. The third-order valence-electron chi connectivity index (χ3n) is 5.17. The molecule has 3 rings (SSSR count). The highest BCUT2D eigenvalue weighted by Crippen LogP contribution is 2.40. The summed E-state index contributed by atoms with van der Waals surface area (Å²) in [4.78, 5) is 9.39. The summed E-state index contributed by atoms with van der Waals surface area (Å²) in [6.07, 6.45) is 2.45. The molecule has 3 fully saturated rings. The first kappa shape index (κ1) is 17.0. The summed E-state index contributed by atoms with van der Waals surface area (Å²) in [6, 6.07) is 0. The fourth-order valence-corrected chi connectivity index (χ4v) is 3.79. The maximum absolute atomic E-state index is 6.20. The van der Waals surface area contributed by atoms with Crippen LogP contribution in [0, 0.1) is 0 Å². The van der Waals surface area contributed by atoms with Gasteiger partial charge in [-0.05, 0) is 19.8 Å².